The van der Waals surface area contributed by atoms with Crippen LogP contribution in [0.4, 0.5) is 0 Å². The highest BCUT2D eigenvalue weighted by atomic mass is 16.5. The lowest BCUT2D eigenvalue weighted by Gasteiger charge is -2.39. The number of likely N-dealkylation sites (N-methyl/N-ethyl adjacent to an activating group) is 1. The van der Waals surface area contributed by atoms with Crippen LogP contribution < -0.4 is 5.73 Å². The van der Waals surface area contributed by atoms with Gasteiger partial charge in [-0.3, -0.25) is 0 Å². The second-order valence-electron chi connectivity index (χ2n) is 4.47. The lowest BCUT2D eigenvalue weighted by Crippen LogP contribution is -2.48. The highest BCUT2D eigenvalue weighted by Gasteiger charge is 2.31. The first-order chi connectivity index (χ1) is 6.66. The maximum atomic E-state index is 6.15. The summed E-state index contributed by atoms with van der Waals surface area (Å²) in [5.74, 6) is 0. The van der Waals surface area contributed by atoms with E-state index in [4.69, 9.17) is 10.5 Å². The molecule has 0 bridgehead atoms. The fourth-order valence-electron chi connectivity index (χ4n) is 1.77. The Labute approximate surface area is 87.6 Å². The van der Waals surface area contributed by atoms with Crippen LogP contribution >= 0.6 is 0 Å². The molecule has 1 saturated carbocycles. The van der Waals surface area contributed by atoms with Crippen LogP contribution in [0.25, 0.3) is 0 Å². The Morgan fingerprint density at radius 2 is 2.07 bits per heavy atom. The fourth-order valence-corrected chi connectivity index (χ4v) is 1.77. The first-order valence-electron chi connectivity index (χ1n) is 5.71. The number of ether oxygens (including phenoxy) is 1. The van der Waals surface area contributed by atoms with E-state index in [0.717, 1.165) is 32.7 Å². The lowest BCUT2D eigenvalue weighted by molar-refractivity contribution is 0.114. The third-order valence-corrected chi connectivity index (χ3v) is 3.16. The molecule has 1 aliphatic rings. The Balaban J connectivity index is 1.99. The average molecular weight is 200 g/mol. The van der Waals surface area contributed by atoms with E-state index in [9.17, 15) is 0 Å². The summed E-state index contributed by atoms with van der Waals surface area (Å²) in [5.41, 5.74) is 6.31. The molecule has 0 saturated heterocycles. The van der Waals surface area contributed by atoms with E-state index >= 15 is 0 Å². The van der Waals surface area contributed by atoms with Crippen LogP contribution in [0.2, 0.25) is 0 Å². The van der Waals surface area contributed by atoms with E-state index in [1.54, 1.807) is 0 Å². The Morgan fingerprint density at radius 3 is 2.57 bits per heavy atom. The molecule has 0 heterocycles. The Kier molecular flexibility index (Phi) is 4.85. The predicted octanol–water partition coefficient (Wildman–Crippen LogP) is 1.23. The minimum absolute atomic E-state index is 0.167. The Morgan fingerprint density at radius 1 is 1.36 bits per heavy atom. The smallest absolute Gasteiger partial charge is 0.0593 e. The molecule has 3 nitrogen and oxygen atoms in total. The monoisotopic (exact) mass is 200 g/mol. The molecule has 0 amide bonds. The van der Waals surface area contributed by atoms with E-state index in [1.165, 1.54) is 19.3 Å². The van der Waals surface area contributed by atoms with Crippen molar-refractivity contribution in [1.29, 1.82) is 0 Å². The molecule has 0 aromatic heterocycles. The zero-order valence-corrected chi connectivity index (χ0v) is 9.59. The minimum atomic E-state index is 0.167. The SMILES string of the molecule is CCOCCN(C)CCC1(N)CCC1. The van der Waals surface area contributed by atoms with Gasteiger partial charge in [-0.25, -0.2) is 0 Å². The van der Waals surface area contributed by atoms with Gasteiger partial charge in [-0.15, -0.1) is 0 Å². The van der Waals surface area contributed by atoms with Gasteiger partial charge in [-0.05, 0) is 46.2 Å². The molecule has 0 aromatic carbocycles. The molecule has 3 heteroatoms. The number of nitrogens with zero attached hydrogens (tertiary/aromatic N) is 1. The van der Waals surface area contributed by atoms with Crippen molar-refractivity contribution in [3.63, 3.8) is 0 Å². The van der Waals surface area contributed by atoms with Crippen molar-refractivity contribution in [3.05, 3.63) is 0 Å². The van der Waals surface area contributed by atoms with Crippen LogP contribution in [0.5, 0.6) is 0 Å². The summed E-state index contributed by atoms with van der Waals surface area (Å²) in [6.07, 6.45) is 4.88. The van der Waals surface area contributed by atoms with Gasteiger partial charge >= 0.3 is 0 Å². The quantitative estimate of drug-likeness (QED) is 0.628. The van der Waals surface area contributed by atoms with E-state index in [0.29, 0.717) is 0 Å². The van der Waals surface area contributed by atoms with Crippen LogP contribution in [-0.2, 0) is 4.74 Å². The van der Waals surface area contributed by atoms with E-state index in [2.05, 4.69) is 11.9 Å². The summed E-state index contributed by atoms with van der Waals surface area (Å²) < 4.78 is 5.30. The molecule has 14 heavy (non-hydrogen) atoms. The molecule has 0 radical (unpaired) electrons. The molecule has 0 aromatic rings. The van der Waals surface area contributed by atoms with Gasteiger partial charge in [0.15, 0.2) is 0 Å². The average Bonchev–Trinajstić information content (AvgIpc) is 2.12. The maximum absolute atomic E-state index is 6.15. The van der Waals surface area contributed by atoms with E-state index in [-0.39, 0.29) is 5.54 Å². The Hall–Kier alpha value is -0.120. The van der Waals surface area contributed by atoms with Crippen molar-refractivity contribution in [2.45, 2.75) is 38.1 Å². The minimum Gasteiger partial charge on any atom is -0.380 e. The third-order valence-electron chi connectivity index (χ3n) is 3.16. The normalized spacial score (nSPS) is 19.7. The van der Waals surface area contributed by atoms with Gasteiger partial charge in [-0.2, -0.15) is 0 Å². The highest BCUT2D eigenvalue weighted by molar-refractivity contribution is 4.92. The standard InChI is InChI=1S/C11H24N2O/c1-3-14-10-9-13(2)8-7-11(12)5-4-6-11/h3-10,12H2,1-2H3. The van der Waals surface area contributed by atoms with Crippen molar-refractivity contribution in [3.8, 4) is 0 Å². The van der Waals surface area contributed by atoms with Crippen molar-refractivity contribution in [2.24, 2.45) is 5.73 Å². The summed E-state index contributed by atoms with van der Waals surface area (Å²) in [4.78, 5) is 2.31. The van der Waals surface area contributed by atoms with Crippen molar-refractivity contribution < 1.29 is 4.74 Å². The first kappa shape index (κ1) is 12.0. The van der Waals surface area contributed by atoms with Crippen molar-refractivity contribution >= 4 is 0 Å². The molecule has 1 aliphatic carbocycles. The van der Waals surface area contributed by atoms with Gasteiger partial charge < -0.3 is 15.4 Å². The van der Waals surface area contributed by atoms with Gasteiger partial charge in [0.05, 0.1) is 6.61 Å². The molecule has 0 aliphatic heterocycles. The highest BCUT2D eigenvalue weighted by Crippen LogP contribution is 2.31. The molecule has 1 fully saturated rings. The maximum Gasteiger partial charge on any atom is 0.0593 e. The summed E-state index contributed by atoms with van der Waals surface area (Å²) in [7, 11) is 2.14. The van der Waals surface area contributed by atoms with Crippen molar-refractivity contribution in [2.75, 3.05) is 33.4 Å². The predicted molar refractivity (Wildman–Crippen MR) is 59.4 cm³/mol. The van der Waals surface area contributed by atoms with E-state index < -0.39 is 0 Å². The first-order valence-corrected chi connectivity index (χ1v) is 5.71. The molecular formula is C11H24N2O. The van der Waals surface area contributed by atoms with Gasteiger partial charge in [0.1, 0.15) is 0 Å². The zero-order chi connectivity index (χ0) is 10.4. The molecule has 0 unspecified atom stereocenters. The second-order valence-corrected chi connectivity index (χ2v) is 4.47. The van der Waals surface area contributed by atoms with Crippen LogP contribution in [0.3, 0.4) is 0 Å². The second kappa shape index (κ2) is 5.69. The van der Waals surface area contributed by atoms with Crippen LogP contribution in [0.1, 0.15) is 32.6 Å². The van der Waals surface area contributed by atoms with E-state index in [1.807, 2.05) is 6.92 Å². The molecule has 0 atom stereocenters. The van der Waals surface area contributed by atoms with Gasteiger partial charge in [-0.1, -0.05) is 0 Å². The molecular weight excluding hydrogens is 176 g/mol. The lowest BCUT2D eigenvalue weighted by atomic mass is 9.75. The molecule has 2 N–H and O–H groups in total. The third kappa shape index (κ3) is 3.95. The number of rotatable bonds is 7. The summed E-state index contributed by atoms with van der Waals surface area (Å²) >= 11 is 0. The van der Waals surface area contributed by atoms with Crippen LogP contribution in [-0.4, -0.2) is 43.8 Å². The van der Waals surface area contributed by atoms with Crippen LogP contribution in [0.15, 0.2) is 0 Å². The topological polar surface area (TPSA) is 38.5 Å². The summed E-state index contributed by atoms with van der Waals surface area (Å²) in [6, 6.07) is 0. The summed E-state index contributed by atoms with van der Waals surface area (Å²) in [5, 5.41) is 0. The van der Waals surface area contributed by atoms with Gasteiger partial charge in [0, 0.05) is 18.7 Å². The number of hydrogen-bond donors (Lipinski definition) is 1. The largest absolute Gasteiger partial charge is 0.380 e. The molecule has 84 valence electrons. The molecule has 0 spiro atoms. The zero-order valence-electron chi connectivity index (χ0n) is 9.59. The van der Waals surface area contributed by atoms with Gasteiger partial charge in [0.25, 0.3) is 0 Å². The molecule has 1 rings (SSSR count). The Bertz CT molecular complexity index is 157. The number of hydrogen-bond acceptors (Lipinski definition) is 3. The van der Waals surface area contributed by atoms with Crippen LogP contribution in [0, 0.1) is 0 Å². The summed E-state index contributed by atoms with van der Waals surface area (Å²) in [6.45, 7) is 5.80. The number of nitrogens with two attached hydrogens (primary N) is 1. The van der Waals surface area contributed by atoms with Crippen molar-refractivity contribution in [1.82, 2.24) is 4.90 Å². The fraction of sp³-hybridized carbons (Fsp3) is 1.00. The van der Waals surface area contributed by atoms with Gasteiger partial charge in [0.2, 0.25) is 0 Å².